The molecular weight excluding hydrogens is 633 g/mol. The van der Waals surface area contributed by atoms with Crippen molar-refractivity contribution in [2.45, 2.75) is 82.7 Å². The predicted octanol–water partition coefficient (Wildman–Crippen LogP) is 8.20. The third kappa shape index (κ3) is 7.82. The van der Waals surface area contributed by atoms with Gasteiger partial charge in [-0.05, 0) is 86.7 Å². The van der Waals surface area contributed by atoms with E-state index in [2.05, 4.69) is 0 Å². The molecule has 0 radical (unpaired) electrons. The number of benzene rings is 2. The molecule has 6 nitrogen and oxygen atoms in total. The summed E-state index contributed by atoms with van der Waals surface area (Å²) >= 11 is 0. The number of hydrogen-bond donors (Lipinski definition) is 0. The van der Waals surface area contributed by atoms with Gasteiger partial charge < -0.3 is 19.3 Å². The van der Waals surface area contributed by atoms with Crippen molar-refractivity contribution in [1.82, 2.24) is 9.80 Å². The van der Waals surface area contributed by atoms with E-state index in [1.807, 2.05) is 12.2 Å². The average Bonchev–Trinajstić information content (AvgIpc) is 3.34. The maximum Gasteiger partial charge on any atom is 0.416 e. The van der Waals surface area contributed by atoms with Crippen LogP contribution in [0.2, 0.25) is 0 Å². The molecule has 5 rings (SSSR count). The van der Waals surface area contributed by atoms with E-state index >= 15 is 0 Å². The molecule has 47 heavy (non-hydrogen) atoms. The molecule has 3 heterocycles. The van der Waals surface area contributed by atoms with E-state index in [0.29, 0.717) is 30.7 Å². The van der Waals surface area contributed by atoms with E-state index in [1.54, 1.807) is 30.6 Å². The number of ether oxygens (including phenoxy) is 2. The molecule has 2 aromatic carbocycles. The summed E-state index contributed by atoms with van der Waals surface area (Å²) in [6, 6.07) is 6.29. The van der Waals surface area contributed by atoms with Crippen LogP contribution in [-0.2, 0) is 26.6 Å². The number of carbonyl (C=O) groups excluding carboxylic acids is 2. The highest BCUT2D eigenvalue weighted by Gasteiger charge is 2.47. The van der Waals surface area contributed by atoms with Crippen LogP contribution in [0.25, 0.3) is 0 Å². The first-order valence-electron chi connectivity index (χ1n) is 15.2. The fourth-order valence-corrected chi connectivity index (χ4v) is 6.29. The molecule has 0 saturated carbocycles. The van der Waals surface area contributed by atoms with Crippen LogP contribution in [0.5, 0.6) is 0 Å². The van der Waals surface area contributed by atoms with Crippen molar-refractivity contribution in [3.63, 3.8) is 0 Å². The second-order valence-corrected chi connectivity index (χ2v) is 13.0. The molecule has 0 aromatic heterocycles. The van der Waals surface area contributed by atoms with E-state index < -0.39 is 65.2 Å². The lowest BCUT2D eigenvalue weighted by molar-refractivity contribution is -0.143. The molecule has 0 spiro atoms. The van der Waals surface area contributed by atoms with Crippen molar-refractivity contribution in [1.29, 1.82) is 0 Å². The van der Waals surface area contributed by atoms with Gasteiger partial charge in [0.05, 0.1) is 35.8 Å². The molecule has 254 valence electrons. The quantitative estimate of drug-likeness (QED) is 0.302. The Labute approximate surface area is 267 Å². The molecule has 3 aliphatic rings. The molecule has 3 aliphatic heterocycles. The maximum atomic E-state index is 13.9. The van der Waals surface area contributed by atoms with Crippen LogP contribution in [-0.4, -0.2) is 59.2 Å². The van der Waals surface area contributed by atoms with Crippen LogP contribution < -0.4 is 0 Å². The van der Waals surface area contributed by atoms with Crippen molar-refractivity contribution in [2.75, 3.05) is 19.6 Å². The summed E-state index contributed by atoms with van der Waals surface area (Å²) in [7, 11) is 0. The van der Waals surface area contributed by atoms with Gasteiger partial charge in [0.2, 0.25) is 5.91 Å². The van der Waals surface area contributed by atoms with E-state index in [-0.39, 0.29) is 37.0 Å². The monoisotopic (exact) mass is 668 g/mol. The lowest BCUT2D eigenvalue weighted by Crippen LogP contribution is -2.41. The van der Waals surface area contributed by atoms with Gasteiger partial charge in [-0.15, -0.1) is 0 Å². The second-order valence-electron chi connectivity index (χ2n) is 13.0. The highest BCUT2D eigenvalue weighted by atomic mass is 19.4. The summed E-state index contributed by atoms with van der Waals surface area (Å²) in [5.41, 5.74) is -1.64. The van der Waals surface area contributed by atoms with Crippen molar-refractivity contribution in [3.8, 4) is 0 Å². The van der Waals surface area contributed by atoms with Gasteiger partial charge in [-0.2, -0.15) is 26.3 Å². The highest BCUT2D eigenvalue weighted by Crippen LogP contribution is 2.44. The van der Waals surface area contributed by atoms with Crippen molar-refractivity contribution < 1.29 is 49.8 Å². The molecule has 0 N–H and O–H groups in total. The number of halogens is 7. The molecular formula is C34H35F7N2O4. The number of amides is 2. The van der Waals surface area contributed by atoms with Crippen LogP contribution >= 0.6 is 0 Å². The molecule has 1 saturated heterocycles. The van der Waals surface area contributed by atoms with Crippen molar-refractivity contribution in [3.05, 3.63) is 93.8 Å². The Morgan fingerprint density at radius 3 is 2.09 bits per heavy atom. The third-order valence-corrected chi connectivity index (χ3v) is 8.53. The Morgan fingerprint density at radius 2 is 1.55 bits per heavy atom. The largest absolute Gasteiger partial charge is 0.444 e. The van der Waals surface area contributed by atoms with Gasteiger partial charge in [-0.1, -0.05) is 24.3 Å². The van der Waals surface area contributed by atoms with E-state index in [0.717, 1.165) is 11.1 Å². The Kier molecular flexibility index (Phi) is 9.26. The lowest BCUT2D eigenvalue weighted by Gasteiger charge is -2.34. The zero-order valence-corrected chi connectivity index (χ0v) is 26.2. The minimum atomic E-state index is -5.02. The zero-order valence-electron chi connectivity index (χ0n) is 26.2. The normalized spacial score (nSPS) is 22.9. The number of carbonyl (C=O) groups is 2. The molecule has 4 atom stereocenters. The van der Waals surface area contributed by atoms with Crippen LogP contribution in [0, 0.1) is 5.82 Å². The lowest BCUT2D eigenvalue weighted by atomic mass is 9.84. The van der Waals surface area contributed by atoms with Gasteiger partial charge in [0.1, 0.15) is 11.4 Å². The van der Waals surface area contributed by atoms with Gasteiger partial charge in [0.25, 0.3) is 0 Å². The Bertz CT molecular complexity index is 1540. The summed E-state index contributed by atoms with van der Waals surface area (Å²) in [5.74, 6) is -1.34. The first kappa shape index (κ1) is 34.5. The third-order valence-electron chi connectivity index (χ3n) is 8.53. The van der Waals surface area contributed by atoms with Gasteiger partial charge in [0.15, 0.2) is 0 Å². The Hall–Kier alpha value is -3.87. The number of nitrogens with zero attached hydrogens (tertiary/aromatic N) is 2. The fourth-order valence-electron chi connectivity index (χ4n) is 6.29. The van der Waals surface area contributed by atoms with Crippen LogP contribution in [0.15, 0.2) is 65.8 Å². The molecule has 13 heteroatoms. The Balaban J connectivity index is 1.45. The summed E-state index contributed by atoms with van der Waals surface area (Å²) < 4.78 is 107. The fraction of sp³-hybridized carbons (Fsp3) is 0.471. The van der Waals surface area contributed by atoms with Crippen molar-refractivity contribution >= 4 is 12.0 Å². The van der Waals surface area contributed by atoms with Gasteiger partial charge in [-0.25, -0.2) is 9.18 Å². The van der Waals surface area contributed by atoms with E-state index in [9.17, 15) is 40.3 Å². The molecule has 2 aromatic rings. The Morgan fingerprint density at radius 1 is 0.936 bits per heavy atom. The standard InChI is InChI=1S/C34H35F7N2O4/c1-19(22-13-24(33(36,37)38)17-25(14-22)34(39,40)41)46-28-18-43-27(30(28)21-5-7-26(35)8-6-21)15-23(16-29(43)44)20-9-11-42(12-10-20)31(45)47-32(2,3)4/h5-9,13-15,17,19,27-28,30H,10-12,16,18H2,1-4H3/t19-,27?,28?,30+/m1/s1. The molecule has 0 aliphatic carbocycles. The number of hydrogen-bond acceptors (Lipinski definition) is 4. The topological polar surface area (TPSA) is 59.1 Å². The molecule has 2 amide bonds. The average molecular weight is 669 g/mol. The summed E-state index contributed by atoms with van der Waals surface area (Å²) in [5, 5.41) is 0. The van der Waals surface area contributed by atoms with Crippen LogP contribution in [0.4, 0.5) is 35.5 Å². The molecule has 1 fully saturated rings. The van der Waals surface area contributed by atoms with E-state index in [4.69, 9.17) is 9.47 Å². The van der Waals surface area contributed by atoms with Crippen LogP contribution in [0.1, 0.15) is 74.8 Å². The number of rotatable bonds is 5. The highest BCUT2D eigenvalue weighted by molar-refractivity contribution is 5.83. The first-order chi connectivity index (χ1) is 21.8. The molecule has 0 bridgehead atoms. The molecule has 2 unspecified atom stereocenters. The van der Waals surface area contributed by atoms with E-state index in [1.165, 1.54) is 31.2 Å². The first-order valence-corrected chi connectivity index (χ1v) is 15.2. The van der Waals surface area contributed by atoms with Gasteiger partial charge >= 0.3 is 18.4 Å². The van der Waals surface area contributed by atoms with Crippen LogP contribution in [0.3, 0.4) is 0 Å². The summed E-state index contributed by atoms with van der Waals surface area (Å²) in [4.78, 5) is 29.2. The second kappa shape index (κ2) is 12.6. The maximum absolute atomic E-state index is 13.9. The van der Waals surface area contributed by atoms with Gasteiger partial charge in [-0.3, -0.25) is 4.79 Å². The minimum absolute atomic E-state index is 0.0240. The number of fused-ring (bicyclic) bond motifs is 1. The minimum Gasteiger partial charge on any atom is -0.444 e. The van der Waals surface area contributed by atoms with Crippen molar-refractivity contribution in [2.24, 2.45) is 0 Å². The zero-order chi connectivity index (χ0) is 34.5. The smallest absolute Gasteiger partial charge is 0.416 e. The SMILES string of the molecule is C[C@@H](OC1CN2C(=O)CC(C3=CCN(C(=O)OC(C)(C)C)CC3)=CC2[C@@H]1c1ccc(F)cc1)c1cc(C(F)(F)F)cc(C(F)(F)F)c1. The number of alkyl halides is 6. The van der Waals surface area contributed by atoms with Gasteiger partial charge in [0, 0.05) is 25.6 Å². The summed E-state index contributed by atoms with van der Waals surface area (Å²) in [6.07, 6.45) is -8.22. The predicted molar refractivity (Wildman–Crippen MR) is 158 cm³/mol. The summed E-state index contributed by atoms with van der Waals surface area (Å²) in [6.45, 7) is 7.37.